The van der Waals surface area contributed by atoms with E-state index in [-0.39, 0.29) is 17.4 Å². The van der Waals surface area contributed by atoms with Gasteiger partial charge in [0.15, 0.2) is 0 Å². The Labute approximate surface area is 161 Å². The minimum atomic E-state index is -3.76. The predicted molar refractivity (Wildman–Crippen MR) is 105 cm³/mol. The van der Waals surface area contributed by atoms with E-state index in [1.54, 1.807) is 6.07 Å². The lowest BCUT2D eigenvalue weighted by molar-refractivity contribution is 0.0276. The Hall–Kier alpha value is -1.63. The van der Waals surface area contributed by atoms with E-state index >= 15 is 0 Å². The molecule has 0 aromatic heterocycles. The van der Waals surface area contributed by atoms with Crippen molar-refractivity contribution in [2.24, 2.45) is 11.3 Å². The van der Waals surface area contributed by atoms with Gasteiger partial charge in [-0.15, -0.1) is 0 Å². The molecule has 0 radical (unpaired) electrons. The van der Waals surface area contributed by atoms with Gasteiger partial charge in [0.25, 0.3) is 0 Å². The third-order valence-corrected chi connectivity index (χ3v) is 7.99. The molecule has 27 heavy (non-hydrogen) atoms. The number of nitrogens with zero attached hydrogens (tertiary/aromatic N) is 1. The number of aliphatic hydroxyl groups excluding tert-OH is 1. The maximum atomic E-state index is 12.0. The van der Waals surface area contributed by atoms with Gasteiger partial charge in [0.05, 0.1) is 6.10 Å². The smallest absolute Gasteiger partial charge is 0.384 e. The van der Waals surface area contributed by atoms with Crippen molar-refractivity contribution in [3.63, 3.8) is 0 Å². The van der Waals surface area contributed by atoms with Gasteiger partial charge < -0.3 is 9.29 Å². The summed E-state index contributed by atoms with van der Waals surface area (Å²) in [5.41, 5.74) is 4.77. The molecular formula is C21H27NO4S. The Kier molecular flexibility index (Phi) is 4.29. The van der Waals surface area contributed by atoms with E-state index in [2.05, 4.69) is 19.6 Å². The number of aliphatic hydroxyl groups is 1. The molecule has 3 aliphatic rings. The highest BCUT2D eigenvalue weighted by atomic mass is 32.2. The molecule has 1 N–H and O–H groups in total. The monoisotopic (exact) mass is 389 g/mol. The molecule has 2 fully saturated rings. The maximum Gasteiger partial charge on any atom is 0.384 e. The summed E-state index contributed by atoms with van der Waals surface area (Å²) in [6.07, 6.45) is 5.34. The van der Waals surface area contributed by atoms with E-state index < -0.39 is 10.3 Å². The van der Waals surface area contributed by atoms with Gasteiger partial charge >= 0.3 is 10.3 Å². The van der Waals surface area contributed by atoms with Gasteiger partial charge in [0, 0.05) is 31.3 Å². The average molecular weight is 390 g/mol. The molecule has 4 atom stereocenters. The molecule has 0 bridgehead atoms. The van der Waals surface area contributed by atoms with Crippen LogP contribution in [0.3, 0.4) is 0 Å². The van der Waals surface area contributed by atoms with E-state index in [4.69, 9.17) is 4.18 Å². The molecule has 0 heterocycles. The Morgan fingerprint density at radius 1 is 1.33 bits per heavy atom. The number of hydrogen-bond donors (Lipinski definition) is 1. The van der Waals surface area contributed by atoms with Crippen LogP contribution in [0.1, 0.15) is 43.2 Å². The minimum absolute atomic E-state index is 0.111. The third kappa shape index (κ3) is 2.85. The quantitative estimate of drug-likeness (QED) is 0.807. The first-order valence-electron chi connectivity index (χ1n) is 9.44. The van der Waals surface area contributed by atoms with Crippen LogP contribution in [0.15, 0.2) is 42.0 Å². The zero-order chi connectivity index (χ0) is 19.6. The van der Waals surface area contributed by atoms with Crippen molar-refractivity contribution in [1.29, 1.82) is 0 Å². The predicted octanol–water partition coefficient (Wildman–Crippen LogP) is 3.18. The molecule has 0 aliphatic heterocycles. The van der Waals surface area contributed by atoms with E-state index in [1.807, 2.05) is 12.1 Å². The second-order valence-electron chi connectivity index (χ2n) is 8.50. The fraction of sp³-hybridized carbons (Fsp3) is 0.524. The summed E-state index contributed by atoms with van der Waals surface area (Å²) in [5, 5.41) is 10.6. The molecule has 6 heteroatoms. The summed E-state index contributed by atoms with van der Waals surface area (Å²) in [7, 11) is -0.858. The first kappa shape index (κ1) is 18.7. The van der Waals surface area contributed by atoms with Crippen molar-refractivity contribution in [2.75, 3.05) is 14.1 Å². The Morgan fingerprint density at radius 3 is 2.78 bits per heavy atom. The van der Waals surface area contributed by atoms with Crippen LogP contribution >= 0.6 is 0 Å². The van der Waals surface area contributed by atoms with E-state index in [1.165, 1.54) is 25.2 Å². The maximum absolute atomic E-state index is 12.0. The Bertz CT molecular complexity index is 934. The fourth-order valence-corrected chi connectivity index (χ4v) is 5.67. The number of benzene rings is 1. The number of fused-ring (bicyclic) bond motifs is 5. The summed E-state index contributed by atoms with van der Waals surface area (Å²) in [4.78, 5) is 0. The molecule has 146 valence electrons. The van der Waals surface area contributed by atoms with Crippen LogP contribution in [-0.2, 0) is 16.7 Å². The van der Waals surface area contributed by atoms with Crippen molar-refractivity contribution in [1.82, 2.24) is 4.31 Å². The van der Waals surface area contributed by atoms with Gasteiger partial charge in [0.1, 0.15) is 5.75 Å². The van der Waals surface area contributed by atoms with Crippen molar-refractivity contribution < 1.29 is 17.7 Å². The van der Waals surface area contributed by atoms with Gasteiger partial charge in [0.2, 0.25) is 0 Å². The topological polar surface area (TPSA) is 66.8 Å². The third-order valence-electron chi connectivity index (χ3n) is 6.69. The Balaban J connectivity index is 1.66. The van der Waals surface area contributed by atoms with Crippen molar-refractivity contribution in [2.45, 2.75) is 44.6 Å². The lowest BCUT2D eigenvalue weighted by Gasteiger charge is -2.46. The van der Waals surface area contributed by atoms with Gasteiger partial charge in [-0.1, -0.05) is 36.8 Å². The summed E-state index contributed by atoms with van der Waals surface area (Å²) in [6.45, 7) is 6.45. The SMILES string of the molecule is C=C1C[C@H](O)[C@@]2(C)CCC3C(=CCc4cc(OS(=O)(=O)N(C)C)ccc43)[C@H]12. The van der Waals surface area contributed by atoms with Gasteiger partial charge in [-0.25, -0.2) is 0 Å². The number of rotatable bonds is 3. The fourth-order valence-electron chi connectivity index (χ4n) is 5.18. The highest BCUT2D eigenvalue weighted by Crippen LogP contribution is 2.60. The second-order valence-corrected chi connectivity index (χ2v) is 10.3. The van der Waals surface area contributed by atoms with E-state index in [9.17, 15) is 13.5 Å². The van der Waals surface area contributed by atoms with Crippen molar-refractivity contribution in [3.8, 4) is 5.75 Å². The van der Waals surface area contributed by atoms with Crippen LogP contribution in [0.4, 0.5) is 0 Å². The molecule has 1 aromatic rings. The van der Waals surface area contributed by atoms with Crippen LogP contribution in [0.25, 0.3) is 0 Å². The summed E-state index contributed by atoms with van der Waals surface area (Å²) in [6, 6.07) is 5.59. The summed E-state index contributed by atoms with van der Waals surface area (Å²) in [5.74, 6) is 0.901. The summed E-state index contributed by atoms with van der Waals surface area (Å²) < 4.78 is 30.2. The van der Waals surface area contributed by atoms with Crippen LogP contribution < -0.4 is 4.18 Å². The van der Waals surface area contributed by atoms with Crippen LogP contribution in [0.5, 0.6) is 5.75 Å². The molecular weight excluding hydrogens is 362 g/mol. The van der Waals surface area contributed by atoms with Crippen LogP contribution in [-0.4, -0.2) is 38.0 Å². The van der Waals surface area contributed by atoms with Gasteiger partial charge in [-0.05, 0) is 48.9 Å². The molecule has 2 saturated carbocycles. The minimum Gasteiger partial charge on any atom is -0.392 e. The van der Waals surface area contributed by atoms with Crippen LogP contribution in [0, 0.1) is 11.3 Å². The zero-order valence-corrected chi connectivity index (χ0v) is 16.9. The van der Waals surface area contributed by atoms with Gasteiger partial charge in [-0.2, -0.15) is 12.7 Å². The first-order valence-corrected chi connectivity index (χ1v) is 10.8. The lowest BCUT2D eigenvalue weighted by Crippen LogP contribution is -2.39. The second kappa shape index (κ2) is 6.19. The van der Waals surface area contributed by atoms with Crippen LogP contribution in [0.2, 0.25) is 0 Å². The van der Waals surface area contributed by atoms with Gasteiger partial charge in [-0.3, -0.25) is 0 Å². The Morgan fingerprint density at radius 2 is 2.07 bits per heavy atom. The normalized spacial score (nSPS) is 32.6. The highest BCUT2D eigenvalue weighted by Gasteiger charge is 2.53. The molecule has 3 aliphatic carbocycles. The summed E-state index contributed by atoms with van der Waals surface area (Å²) >= 11 is 0. The highest BCUT2D eigenvalue weighted by molar-refractivity contribution is 7.84. The molecule has 1 unspecified atom stereocenters. The largest absolute Gasteiger partial charge is 0.392 e. The van der Waals surface area contributed by atoms with Crippen molar-refractivity contribution >= 4 is 10.3 Å². The average Bonchev–Trinajstić information content (AvgIpc) is 2.83. The molecule has 0 amide bonds. The molecule has 0 spiro atoms. The number of hydrogen-bond acceptors (Lipinski definition) is 4. The lowest BCUT2D eigenvalue weighted by atomic mass is 9.59. The zero-order valence-electron chi connectivity index (χ0n) is 16.1. The molecule has 4 rings (SSSR count). The molecule has 5 nitrogen and oxygen atoms in total. The standard InChI is InChI=1S/C21H27NO4S/c1-13-11-19(23)21(2)10-9-17-16-8-6-15(26-27(24,25)22(3)4)12-14(16)5-7-18(17)20(13)21/h6-8,12,17,19-20,23H,1,5,9-11H2,2-4H3/t17?,19-,20-,21+/m0/s1. The molecule has 0 saturated heterocycles. The number of allylic oxidation sites excluding steroid dienone is 2. The van der Waals surface area contributed by atoms with E-state index in [0.717, 1.165) is 34.7 Å². The van der Waals surface area contributed by atoms with E-state index in [0.29, 0.717) is 18.1 Å². The van der Waals surface area contributed by atoms with Crippen molar-refractivity contribution in [3.05, 3.63) is 53.1 Å². The first-order chi connectivity index (χ1) is 12.6. The molecule has 1 aromatic carbocycles.